The minimum atomic E-state index is 0.459. The zero-order chi connectivity index (χ0) is 6.97. The Balaban J connectivity index is 1.94. The molecule has 0 radical (unpaired) electrons. The van der Waals surface area contributed by atoms with Crippen LogP contribution in [-0.4, -0.2) is 12.2 Å². The van der Waals surface area contributed by atoms with Gasteiger partial charge >= 0.3 is 0 Å². The van der Waals surface area contributed by atoms with Crippen LogP contribution in [0.3, 0.4) is 0 Å². The number of hydrogen-bond donors (Lipinski definition) is 0. The lowest BCUT2D eigenvalue weighted by atomic mass is 9.98. The van der Waals surface area contributed by atoms with E-state index in [-0.39, 0.29) is 0 Å². The molecule has 2 rings (SSSR count). The molecule has 2 aliphatic rings. The van der Waals surface area contributed by atoms with Gasteiger partial charge in [0.1, 0.15) is 6.10 Å². The lowest BCUT2D eigenvalue weighted by Crippen LogP contribution is -2.01. The van der Waals surface area contributed by atoms with Crippen molar-refractivity contribution >= 4 is 0 Å². The smallest absolute Gasteiger partial charge is 0.105 e. The molecule has 1 aliphatic heterocycles. The first-order valence-electron chi connectivity index (χ1n) is 4.21. The molecule has 0 N–H and O–H groups in total. The van der Waals surface area contributed by atoms with E-state index in [1.54, 1.807) is 0 Å². The van der Waals surface area contributed by atoms with Crippen LogP contribution in [-0.2, 0) is 4.74 Å². The summed E-state index contributed by atoms with van der Waals surface area (Å²) in [4.78, 5) is 0. The Hall–Kier alpha value is -0.300. The van der Waals surface area contributed by atoms with Crippen molar-refractivity contribution in [2.24, 2.45) is 0 Å². The van der Waals surface area contributed by atoms with E-state index in [9.17, 15) is 0 Å². The zero-order valence-electron chi connectivity index (χ0n) is 6.31. The van der Waals surface area contributed by atoms with Gasteiger partial charge < -0.3 is 4.74 Å². The standard InChI is InChI=1S/C9H14O/c1-7-5-3-2-4-6-8-9(7)10-8/h8-9H,1-6H2. The fourth-order valence-electron chi connectivity index (χ4n) is 1.74. The second kappa shape index (κ2) is 2.39. The van der Waals surface area contributed by atoms with E-state index in [1.165, 1.54) is 37.7 Å². The molecule has 1 heteroatoms. The number of fused-ring (bicyclic) bond motifs is 1. The lowest BCUT2D eigenvalue weighted by molar-refractivity contribution is 0.374. The highest BCUT2D eigenvalue weighted by Gasteiger charge is 2.40. The van der Waals surface area contributed by atoms with Crippen molar-refractivity contribution in [3.8, 4) is 0 Å². The predicted octanol–water partition coefficient (Wildman–Crippen LogP) is 2.27. The van der Waals surface area contributed by atoms with Gasteiger partial charge in [0.2, 0.25) is 0 Å². The van der Waals surface area contributed by atoms with Gasteiger partial charge in [-0.3, -0.25) is 0 Å². The summed E-state index contributed by atoms with van der Waals surface area (Å²) in [6.45, 7) is 4.01. The van der Waals surface area contributed by atoms with Crippen molar-refractivity contribution in [2.75, 3.05) is 0 Å². The normalized spacial score (nSPS) is 39.8. The fourth-order valence-corrected chi connectivity index (χ4v) is 1.74. The van der Waals surface area contributed by atoms with Gasteiger partial charge in [-0.2, -0.15) is 0 Å². The van der Waals surface area contributed by atoms with Gasteiger partial charge in [0.15, 0.2) is 0 Å². The zero-order valence-corrected chi connectivity index (χ0v) is 6.31. The number of epoxide rings is 1. The molecule has 1 saturated carbocycles. The first-order chi connectivity index (χ1) is 4.88. The average Bonchev–Trinajstić information content (AvgIpc) is 2.62. The minimum Gasteiger partial charge on any atom is -0.365 e. The molecule has 1 heterocycles. The Morgan fingerprint density at radius 2 is 2.20 bits per heavy atom. The Morgan fingerprint density at radius 3 is 3.10 bits per heavy atom. The van der Waals surface area contributed by atoms with E-state index in [1.807, 2.05) is 0 Å². The topological polar surface area (TPSA) is 12.5 Å². The van der Waals surface area contributed by atoms with Crippen LogP contribution in [0.4, 0.5) is 0 Å². The Bertz CT molecular complexity index is 151. The summed E-state index contributed by atoms with van der Waals surface area (Å²) >= 11 is 0. The van der Waals surface area contributed by atoms with Crippen LogP contribution in [0.1, 0.15) is 32.1 Å². The maximum atomic E-state index is 5.45. The molecule has 0 spiro atoms. The summed E-state index contributed by atoms with van der Waals surface area (Å²) < 4.78 is 5.45. The van der Waals surface area contributed by atoms with Crippen LogP contribution in [0.2, 0.25) is 0 Å². The van der Waals surface area contributed by atoms with Gasteiger partial charge in [0.25, 0.3) is 0 Å². The first kappa shape index (κ1) is 6.41. The van der Waals surface area contributed by atoms with Gasteiger partial charge in [-0.15, -0.1) is 0 Å². The molecule has 0 amide bonds. The molecule has 10 heavy (non-hydrogen) atoms. The number of rotatable bonds is 0. The lowest BCUT2D eigenvalue weighted by Gasteiger charge is -2.05. The molecule has 1 saturated heterocycles. The summed E-state index contributed by atoms with van der Waals surface area (Å²) in [5.41, 5.74) is 1.34. The van der Waals surface area contributed by atoms with Gasteiger partial charge in [0, 0.05) is 0 Å². The predicted molar refractivity (Wildman–Crippen MR) is 40.9 cm³/mol. The molecule has 0 aromatic carbocycles. The fraction of sp³-hybridized carbons (Fsp3) is 0.778. The summed E-state index contributed by atoms with van der Waals surface area (Å²) in [5, 5.41) is 0. The molecule has 1 aliphatic carbocycles. The highest BCUT2D eigenvalue weighted by Crippen LogP contribution is 2.36. The van der Waals surface area contributed by atoms with E-state index in [4.69, 9.17) is 4.74 Å². The third kappa shape index (κ3) is 1.10. The maximum Gasteiger partial charge on any atom is 0.105 e. The number of ether oxygens (including phenoxy) is 1. The van der Waals surface area contributed by atoms with Gasteiger partial charge in [0.05, 0.1) is 6.10 Å². The Morgan fingerprint density at radius 1 is 1.30 bits per heavy atom. The monoisotopic (exact) mass is 138 g/mol. The molecule has 0 aromatic heterocycles. The molecule has 2 unspecified atom stereocenters. The van der Waals surface area contributed by atoms with Crippen molar-refractivity contribution in [1.29, 1.82) is 0 Å². The highest BCUT2D eigenvalue weighted by molar-refractivity contribution is 5.13. The highest BCUT2D eigenvalue weighted by atomic mass is 16.6. The molecule has 1 nitrogen and oxygen atoms in total. The second-order valence-corrected chi connectivity index (χ2v) is 3.35. The Labute approximate surface area is 62.1 Å². The van der Waals surface area contributed by atoms with E-state index in [2.05, 4.69) is 6.58 Å². The van der Waals surface area contributed by atoms with Crippen molar-refractivity contribution in [2.45, 2.75) is 44.3 Å². The summed E-state index contributed by atoms with van der Waals surface area (Å²) in [6.07, 6.45) is 7.53. The third-order valence-electron chi connectivity index (χ3n) is 2.47. The molecule has 2 atom stereocenters. The van der Waals surface area contributed by atoms with E-state index in [0.29, 0.717) is 12.2 Å². The average molecular weight is 138 g/mol. The molecular weight excluding hydrogens is 124 g/mol. The van der Waals surface area contributed by atoms with Gasteiger partial charge in [-0.1, -0.05) is 19.4 Å². The second-order valence-electron chi connectivity index (χ2n) is 3.35. The van der Waals surface area contributed by atoms with Crippen LogP contribution >= 0.6 is 0 Å². The van der Waals surface area contributed by atoms with Gasteiger partial charge in [-0.05, 0) is 24.8 Å². The summed E-state index contributed by atoms with van der Waals surface area (Å²) in [5.74, 6) is 0. The third-order valence-corrected chi connectivity index (χ3v) is 2.47. The number of hydrogen-bond acceptors (Lipinski definition) is 1. The minimum absolute atomic E-state index is 0.459. The Kier molecular flexibility index (Phi) is 1.53. The van der Waals surface area contributed by atoms with Gasteiger partial charge in [-0.25, -0.2) is 0 Å². The van der Waals surface area contributed by atoms with Crippen molar-refractivity contribution < 1.29 is 4.74 Å². The molecule has 0 bridgehead atoms. The van der Waals surface area contributed by atoms with Crippen molar-refractivity contribution in [3.63, 3.8) is 0 Å². The molecule has 56 valence electrons. The van der Waals surface area contributed by atoms with E-state index < -0.39 is 0 Å². The summed E-state index contributed by atoms with van der Waals surface area (Å²) in [7, 11) is 0. The van der Waals surface area contributed by atoms with Crippen LogP contribution in [0, 0.1) is 0 Å². The molecule has 2 fully saturated rings. The molecular formula is C9H14O. The van der Waals surface area contributed by atoms with Crippen molar-refractivity contribution in [1.82, 2.24) is 0 Å². The maximum absolute atomic E-state index is 5.45. The molecule has 0 aromatic rings. The van der Waals surface area contributed by atoms with Crippen LogP contribution in [0.5, 0.6) is 0 Å². The van der Waals surface area contributed by atoms with Crippen LogP contribution in [0.25, 0.3) is 0 Å². The largest absolute Gasteiger partial charge is 0.365 e. The SMILES string of the molecule is C=C1CCCCCC2OC12. The quantitative estimate of drug-likeness (QED) is 0.369. The first-order valence-corrected chi connectivity index (χ1v) is 4.21. The van der Waals surface area contributed by atoms with E-state index in [0.717, 1.165) is 0 Å². The summed E-state index contributed by atoms with van der Waals surface area (Å²) in [6, 6.07) is 0. The van der Waals surface area contributed by atoms with Crippen LogP contribution in [0.15, 0.2) is 12.2 Å². The van der Waals surface area contributed by atoms with Crippen LogP contribution < -0.4 is 0 Å². The van der Waals surface area contributed by atoms with E-state index >= 15 is 0 Å². The van der Waals surface area contributed by atoms with Crippen molar-refractivity contribution in [3.05, 3.63) is 12.2 Å².